The van der Waals surface area contributed by atoms with E-state index in [0.29, 0.717) is 17.8 Å². The quantitative estimate of drug-likeness (QED) is 0.845. The van der Waals surface area contributed by atoms with Crippen molar-refractivity contribution in [3.05, 3.63) is 58.1 Å². The predicted molar refractivity (Wildman–Crippen MR) is 82.7 cm³/mol. The van der Waals surface area contributed by atoms with Crippen molar-refractivity contribution in [2.45, 2.75) is 6.54 Å². The average Bonchev–Trinajstić information content (AvgIpc) is 2.47. The number of halogens is 1. The summed E-state index contributed by atoms with van der Waals surface area (Å²) in [5.74, 6) is 0.624. The first-order valence-corrected chi connectivity index (χ1v) is 6.85. The van der Waals surface area contributed by atoms with Gasteiger partial charge in [-0.15, -0.1) is 0 Å². The van der Waals surface area contributed by atoms with Crippen LogP contribution in [0, 0.1) is 0 Å². The van der Waals surface area contributed by atoms with E-state index in [1.54, 1.807) is 25.3 Å². The minimum atomic E-state index is -0.167. The Labute approximate surface area is 126 Å². The molecular formula is C15H15BrN2O2. The smallest absolute Gasteiger partial charge is 0.252 e. The normalized spacial score (nSPS) is 10.1. The van der Waals surface area contributed by atoms with E-state index >= 15 is 0 Å². The highest BCUT2D eigenvalue weighted by Crippen LogP contribution is 2.19. The summed E-state index contributed by atoms with van der Waals surface area (Å²) in [6.45, 7) is 0.448. The Morgan fingerprint density at radius 1 is 1.25 bits per heavy atom. The molecule has 2 aromatic carbocycles. The topological polar surface area (TPSA) is 64.3 Å². The Hall–Kier alpha value is -2.01. The number of hydrogen-bond acceptors (Lipinski definition) is 3. The number of carbonyl (C=O) groups is 1. The van der Waals surface area contributed by atoms with Crippen molar-refractivity contribution in [3.63, 3.8) is 0 Å². The number of amides is 1. The van der Waals surface area contributed by atoms with Gasteiger partial charge >= 0.3 is 0 Å². The van der Waals surface area contributed by atoms with Crippen LogP contribution in [0.4, 0.5) is 5.69 Å². The molecule has 0 unspecified atom stereocenters. The van der Waals surface area contributed by atoms with E-state index in [9.17, 15) is 4.79 Å². The van der Waals surface area contributed by atoms with Gasteiger partial charge in [0, 0.05) is 16.7 Å². The van der Waals surface area contributed by atoms with Crippen LogP contribution in [0.25, 0.3) is 0 Å². The van der Waals surface area contributed by atoms with Gasteiger partial charge in [0.05, 0.1) is 12.7 Å². The monoisotopic (exact) mass is 334 g/mol. The molecule has 0 aliphatic carbocycles. The van der Waals surface area contributed by atoms with E-state index in [0.717, 1.165) is 15.8 Å². The van der Waals surface area contributed by atoms with Gasteiger partial charge in [0.2, 0.25) is 0 Å². The maximum absolute atomic E-state index is 12.1. The molecule has 2 aromatic rings. The number of benzene rings is 2. The number of anilines is 1. The van der Waals surface area contributed by atoms with Crippen molar-refractivity contribution in [2.75, 3.05) is 12.8 Å². The number of hydrogen-bond donors (Lipinski definition) is 2. The minimum absolute atomic E-state index is 0.167. The highest BCUT2D eigenvalue weighted by molar-refractivity contribution is 9.10. The second-order valence-electron chi connectivity index (χ2n) is 4.27. The van der Waals surface area contributed by atoms with Gasteiger partial charge in [0.1, 0.15) is 5.75 Å². The zero-order chi connectivity index (χ0) is 14.5. The second kappa shape index (κ2) is 6.43. The number of nitrogen functional groups attached to an aromatic ring is 1. The number of carbonyl (C=O) groups excluding carboxylic acids is 1. The van der Waals surface area contributed by atoms with Crippen molar-refractivity contribution in [3.8, 4) is 5.75 Å². The summed E-state index contributed by atoms with van der Waals surface area (Å²) in [7, 11) is 1.62. The van der Waals surface area contributed by atoms with E-state index in [-0.39, 0.29) is 5.91 Å². The Morgan fingerprint density at radius 2 is 1.95 bits per heavy atom. The molecule has 0 atom stereocenters. The first-order valence-electron chi connectivity index (χ1n) is 6.06. The Morgan fingerprint density at radius 3 is 2.60 bits per heavy atom. The number of rotatable bonds is 4. The lowest BCUT2D eigenvalue weighted by Gasteiger charge is -2.08. The second-order valence-corrected chi connectivity index (χ2v) is 5.12. The van der Waals surface area contributed by atoms with Crippen LogP contribution >= 0.6 is 15.9 Å². The summed E-state index contributed by atoms with van der Waals surface area (Å²) in [6, 6.07) is 12.7. The van der Waals surface area contributed by atoms with E-state index in [1.165, 1.54) is 0 Å². The van der Waals surface area contributed by atoms with Crippen LogP contribution in [0.15, 0.2) is 46.9 Å². The fourth-order valence-electron chi connectivity index (χ4n) is 1.74. The molecule has 5 heteroatoms. The third kappa shape index (κ3) is 3.51. The van der Waals surface area contributed by atoms with Gasteiger partial charge in [0.25, 0.3) is 5.91 Å². The predicted octanol–water partition coefficient (Wildman–Crippen LogP) is 2.97. The van der Waals surface area contributed by atoms with Gasteiger partial charge in [-0.3, -0.25) is 4.79 Å². The molecule has 0 radical (unpaired) electrons. The van der Waals surface area contributed by atoms with Crippen LogP contribution in [-0.2, 0) is 6.54 Å². The summed E-state index contributed by atoms with van der Waals surface area (Å²) in [4.78, 5) is 12.1. The van der Waals surface area contributed by atoms with Crippen molar-refractivity contribution >= 4 is 27.5 Å². The molecule has 2 rings (SSSR count). The van der Waals surface area contributed by atoms with Gasteiger partial charge in [-0.2, -0.15) is 0 Å². The van der Waals surface area contributed by atoms with Crippen LogP contribution in [0.1, 0.15) is 15.9 Å². The van der Waals surface area contributed by atoms with Crippen LogP contribution in [0.2, 0.25) is 0 Å². The van der Waals surface area contributed by atoms with Crippen LogP contribution in [-0.4, -0.2) is 13.0 Å². The molecule has 0 fully saturated rings. The van der Waals surface area contributed by atoms with Crippen LogP contribution in [0.3, 0.4) is 0 Å². The standard InChI is InChI=1S/C15H15BrN2O2/c1-20-12-5-2-10(3-6-12)9-18-15(19)13-8-11(17)4-7-14(13)16/h2-8H,9,17H2,1H3,(H,18,19). The Balaban J connectivity index is 2.02. The van der Waals surface area contributed by atoms with Crippen LogP contribution in [0.5, 0.6) is 5.75 Å². The average molecular weight is 335 g/mol. The first kappa shape index (κ1) is 14.4. The van der Waals surface area contributed by atoms with Crippen LogP contribution < -0.4 is 15.8 Å². The van der Waals surface area contributed by atoms with E-state index < -0.39 is 0 Å². The highest BCUT2D eigenvalue weighted by Gasteiger charge is 2.10. The molecule has 3 N–H and O–H groups in total. The largest absolute Gasteiger partial charge is 0.497 e. The van der Waals surface area contributed by atoms with Gasteiger partial charge in [0.15, 0.2) is 0 Å². The fraction of sp³-hybridized carbons (Fsp3) is 0.133. The highest BCUT2D eigenvalue weighted by atomic mass is 79.9. The van der Waals surface area contributed by atoms with Gasteiger partial charge < -0.3 is 15.8 Å². The van der Waals surface area contributed by atoms with E-state index in [2.05, 4.69) is 21.2 Å². The molecule has 0 aliphatic rings. The van der Waals surface area contributed by atoms with Crippen molar-refractivity contribution < 1.29 is 9.53 Å². The van der Waals surface area contributed by atoms with Gasteiger partial charge in [-0.1, -0.05) is 12.1 Å². The maximum Gasteiger partial charge on any atom is 0.252 e. The molecular weight excluding hydrogens is 320 g/mol. The zero-order valence-electron chi connectivity index (χ0n) is 11.0. The van der Waals surface area contributed by atoms with E-state index in [1.807, 2.05) is 24.3 Å². The molecule has 0 saturated heterocycles. The maximum atomic E-state index is 12.1. The molecule has 0 spiro atoms. The summed E-state index contributed by atoms with van der Waals surface area (Å²) >= 11 is 3.34. The molecule has 4 nitrogen and oxygen atoms in total. The summed E-state index contributed by atoms with van der Waals surface area (Å²) in [6.07, 6.45) is 0. The Bertz CT molecular complexity index is 612. The molecule has 0 aromatic heterocycles. The number of nitrogens with two attached hydrogens (primary N) is 1. The summed E-state index contributed by atoms with van der Waals surface area (Å²) in [5, 5.41) is 2.86. The van der Waals surface area contributed by atoms with Gasteiger partial charge in [-0.25, -0.2) is 0 Å². The van der Waals surface area contributed by atoms with Gasteiger partial charge in [-0.05, 0) is 51.8 Å². The molecule has 0 saturated carbocycles. The molecule has 20 heavy (non-hydrogen) atoms. The third-order valence-corrected chi connectivity index (χ3v) is 3.54. The number of nitrogens with one attached hydrogen (secondary N) is 1. The molecule has 0 aliphatic heterocycles. The summed E-state index contributed by atoms with van der Waals surface area (Å²) < 4.78 is 5.81. The zero-order valence-corrected chi connectivity index (χ0v) is 12.6. The third-order valence-electron chi connectivity index (χ3n) is 2.85. The SMILES string of the molecule is COc1ccc(CNC(=O)c2cc(N)ccc2Br)cc1. The fourth-order valence-corrected chi connectivity index (χ4v) is 2.16. The Kier molecular flexibility index (Phi) is 4.63. The van der Waals surface area contributed by atoms with Crippen molar-refractivity contribution in [2.24, 2.45) is 0 Å². The molecule has 0 bridgehead atoms. The number of ether oxygens (including phenoxy) is 1. The van der Waals surface area contributed by atoms with Crippen molar-refractivity contribution in [1.29, 1.82) is 0 Å². The molecule has 1 amide bonds. The minimum Gasteiger partial charge on any atom is -0.497 e. The number of methoxy groups -OCH3 is 1. The lowest BCUT2D eigenvalue weighted by molar-refractivity contribution is 0.0950. The summed E-state index contributed by atoms with van der Waals surface area (Å²) in [5.41, 5.74) is 7.77. The lowest BCUT2D eigenvalue weighted by Crippen LogP contribution is -2.23. The molecule has 0 heterocycles. The van der Waals surface area contributed by atoms with Crippen molar-refractivity contribution in [1.82, 2.24) is 5.32 Å². The first-order chi connectivity index (χ1) is 9.60. The lowest BCUT2D eigenvalue weighted by atomic mass is 10.1. The molecule has 104 valence electrons. The van der Waals surface area contributed by atoms with E-state index in [4.69, 9.17) is 10.5 Å².